The zero-order valence-corrected chi connectivity index (χ0v) is 17.8. The zero-order chi connectivity index (χ0) is 22.3. The Morgan fingerprint density at radius 2 is 2.00 bits per heavy atom. The standard InChI is InChI=1S/C17H21N9O3S2/c18-16(25-26-20)14-10(8-1-3-11-12(5-8)24-17(19)23-11)2-4-13(15(14)31(21,28)29)30(27)9-6-22-7-9/h1-5,9,22,26H,6-7,20H2,(H2,18,25)(H3,19,23,24)(H2,21,28,29). The summed E-state index contributed by atoms with van der Waals surface area (Å²) in [7, 11) is -5.97. The number of hydrazone groups is 1. The fraction of sp³-hybridized carbons (Fsp3) is 0.176. The van der Waals surface area contributed by atoms with Crippen LogP contribution >= 0.6 is 0 Å². The van der Waals surface area contributed by atoms with Crippen molar-refractivity contribution >= 4 is 43.6 Å². The molecule has 0 radical (unpaired) electrons. The van der Waals surface area contributed by atoms with E-state index in [9.17, 15) is 12.6 Å². The number of hydrogen-bond donors (Lipinski definition) is 7. The van der Waals surface area contributed by atoms with Crippen LogP contribution in [0.5, 0.6) is 0 Å². The molecule has 0 spiro atoms. The number of nitrogens with zero attached hydrogens (tertiary/aromatic N) is 2. The number of hydrogen-bond acceptors (Lipinski definition) is 9. The number of anilines is 1. The monoisotopic (exact) mass is 463 g/mol. The number of hydrazine groups is 1. The minimum absolute atomic E-state index is 0.00502. The molecule has 0 saturated carbocycles. The number of rotatable bonds is 6. The first-order chi connectivity index (χ1) is 14.7. The van der Waals surface area contributed by atoms with Crippen LogP contribution < -0.4 is 33.3 Å². The summed E-state index contributed by atoms with van der Waals surface area (Å²) in [5.74, 6) is 5.29. The van der Waals surface area contributed by atoms with Gasteiger partial charge in [-0.25, -0.2) is 29.9 Å². The van der Waals surface area contributed by atoms with Gasteiger partial charge in [-0.1, -0.05) is 12.1 Å². The molecule has 0 aliphatic carbocycles. The van der Waals surface area contributed by atoms with Crippen LogP contribution in [-0.2, 0) is 20.8 Å². The number of amidine groups is 1. The molecule has 31 heavy (non-hydrogen) atoms. The maximum atomic E-state index is 13.1. The van der Waals surface area contributed by atoms with Gasteiger partial charge in [-0.3, -0.25) is 4.21 Å². The van der Waals surface area contributed by atoms with E-state index in [1.807, 2.05) is 0 Å². The summed E-state index contributed by atoms with van der Waals surface area (Å²) in [6, 6.07) is 8.30. The average molecular weight is 464 g/mol. The van der Waals surface area contributed by atoms with E-state index in [1.165, 1.54) is 6.07 Å². The summed E-state index contributed by atoms with van der Waals surface area (Å²) in [6.45, 7) is 0.999. The van der Waals surface area contributed by atoms with Crippen molar-refractivity contribution in [3.8, 4) is 11.1 Å². The molecule has 11 N–H and O–H groups in total. The van der Waals surface area contributed by atoms with Crippen molar-refractivity contribution in [3.05, 3.63) is 35.9 Å². The molecule has 1 atom stereocenters. The van der Waals surface area contributed by atoms with Gasteiger partial charge in [0.15, 0.2) is 11.8 Å². The lowest BCUT2D eigenvalue weighted by Crippen LogP contribution is -2.49. The highest BCUT2D eigenvalue weighted by Gasteiger charge is 2.32. The Bertz CT molecular complexity index is 1330. The number of imidazole rings is 1. The second-order valence-corrected chi connectivity index (χ2v) is 10.1. The number of sulfonamides is 1. The van der Waals surface area contributed by atoms with Crippen molar-refractivity contribution in [2.75, 3.05) is 18.8 Å². The third-order valence-corrected chi connectivity index (χ3v) is 7.76. The molecular formula is C17H21N9O3S2. The third kappa shape index (κ3) is 3.86. The molecule has 12 nitrogen and oxygen atoms in total. The molecule has 2 aromatic carbocycles. The number of nitrogens with two attached hydrogens (primary N) is 4. The molecule has 1 unspecified atom stereocenters. The zero-order valence-electron chi connectivity index (χ0n) is 16.1. The van der Waals surface area contributed by atoms with Crippen LogP contribution in [0.3, 0.4) is 0 Å². The summed E-state index contributed by atoms with van der Waals surface area (Å²) < 4.78 is 38.4. The molecular weight excluding hydrogens is 442 g/mol. The largest absolute Gasteiger partial charge is 0.382 e. The summed E-state index contributed by atoms with van der Waals surface area (Å²) in [4.78, 5) is 6.78. The molecule has 1 aliphatic heterocycles. The molecule has 1 fully saturated rings. The van der Waals surface area contributed by atoms with Crippen molar-refractivity contribution in [1.82, 2.24) is 20.8 Å². The third-order valence-electron chi connectivity index (χ3n) is 4.92. The number of aromatic nitrogens is 2. The van der Waals surface area contributed by atoms with Crippen LogP contribution in [0, 0.1) is 0 Å². The van der Waals surface area contributed by atoms with Gasteiger partial charge in [-0.15, -0.1) is 5.10 Å². The van der Waals surface area contributed by atoms with Crippen molar-refractivity contribution in [1.29, 1.82) is 0 Å². The fourth-order valence-electron chi connectivity index (χ4n) is 3.41. The summed E-state index contributed by atoms with van der Waals surface area (Å²) in [5, 5.41) is 12.1. The Kier molecular flexibility index (Phi) is 5.40. The number of fused-ring (bicyclic) bond motifs is 1. The van der Waals surface area contributed by atoms with Gasteiger partial charge >= 0.3 is 0 Å². The minimum atomic E-state index is -4.34. The molecule has 0 amide bonds. The van der Waals surface area contributed by atoms with Gasteiger partial charge in [0.2, 0.25) is 10.0 Å². The lowest BCUT2D eigenvalue weighted by molar-refractivity contribution is 0.525. The quantitative estimate of drug-likeness (QED) is 0.0989. The van der Waals surface area contributed by atoms with Crippen LogP contribution in [-0.4, -0.2) is 46.8 Å². The Morgan fingerprint density at radius 3 is 2.61 bits per heavy atom. The van der Waals surface area contributed by atoms with E-state index in [2.05, 4.69) is 25.9 Å². The molecule has 2 heterocycles. The van der Waals surface area contributed by atoms with E-state index in [4.69, 9.17) is 22.4 Å². The maximum absolute atomic E-state index is 13.1. The number of nitrogen functional groups attached to an aromatic ring is 1. The Labute approximate surface area is 179 Å². The van der Waals surface area contributed by atoms with E-state index in [1.54, 1.807) is 24.3 Å². The number of primary sulfonamides is 1. The fourth-order valence-corrected chi connectivity index (χ4v) is 6.24. The average Bonchev–Trinajstić information content (AvgIpc) is 3.04. The van der Waals surface area contributed by atoms with Crippen LogP contribution in [0.2, 0.25) is 0 Å². The predicted octanol–water partition coefficient (Wildman–Crippen LogP) is -1.38. The number of aromatic amines is 1. The highest BCUT2D eigenvalue weighted by Crippen LogP contribution is 2.34. The summed E-state index contributed by atoms with van der Waals surface area (Å²) in [5.41, 5.74) is 16.1. The highest BCUT2D eigenvalue weighted by molar-refractivity contribution is 7.91. The van der Waals surface area contributed by atoms with Crippen molar-refractivity contribution < 1.29 is 12.6 Å². The molecule has 4 rings (SSSR count). The molecule has 164 valence electrons. The number of benzene rings is 2. The first kappa shape index (κ1) is 21.2. The number of nitrogens with one attached hydrogen (secondary N) is 3. The molecule has 0 bridgehead atoms. The van der Waals surface area contributed by atoms with Gasteiger partial charge in [0.25, 0.3) is 0 Å². The van der Waals surface area contributed by atoms with Crippen molar-refractivity contribution in [2.24, 2.45) is 21.8 Å². The first-order valence-corrected chi connectivity index (χ1v) is 11.8. The highest BCUT2D eigenvalue weighted by atomic mass is 32.2. The van der Waals surface area contributed by atoms with E-state index < -0.39 is 20.8 Å². The van der Waals surface area contributed by atoms with Crippen LogP contribution in [0.4, 0.5) is 5.95 Å². The van der Waals surface area contributed by atoms with Gasteiger partial charge in [0, 0.05) is 18.7 Å². The lowest BCUT2D eigenvalue weighted by Gasteiger charge is -2.27. The van der Waals surface area contributed by atoms with Crippen molar-refractivity contribution in [3.63, 3.8) is 0 Å². The molecule has 1 aliphatic rings. The van der Waals surface area contributed by atoms with Gasteiger partial charge in [-0.05, 0) is 29.3 Å². The summed E-state index contributed by atoms with van der Waals surface area (Å²) >= 11 is 0. The van der Waals surface area contributed by atoms with Crippen molar-refractivity contribution in [2.45, 2.75) is 15.0 Å². The Hall–Kier alpha value is -3.04. The molecule has 1 aromatic heterocycles. The predicted molar refractivity (Wildman–Crippen MR) is 118 cm³/mol. The van der Waals surface area contributed by atoms with E-state index >= 15 is 0 Å². The SMILES string of the molecule is NN/N=C(\N)c1c(-c2ccc3nc(N)[nH]c3c2)ccc(S(=O)C2CNC2)c1S(N)(=O)=O. The van der Waals surface area contributed by atoms with E-state index in [0.29, 0.717) is 35.2 Å². The first-order valence-electron chi connectivity index (χ1n) is 9.06. The summed E-state index contributed by atoms with van der Waals surface area (Å²) in [6.07, 6.45) is 0. The lowest BCUT2D eigenvalue weighted by atomic mass is 9.98. The second-order valence-electron chi connectivity index (χ2n) is 6.92. The maximum Gasteiger partial charge on any atom is 0.240 e. The normalized spacial score (nSPS) is 16.3. The second kappa shape index (κ2) is 7.90. The molecule has 1 saturated heterocycles. The smallest absolute Gasteiger partial charge is 0.240 e. The van der Waals surface area contributed by atoms with Crippen LogP contribution in [0.1, 0.15) is 5.56 Å². The van der Waals surface area contributed by atoms with Gasteiger partial charge in [0.1, 0.15) is 4.90 Å². The Balaban J connectivity index is 2.02. The van der Waals surface area contributed by atoms with Crippen LogP contribution in [0.25, 0.3) is 22.2 Å². The minimum Gasteiger partial charge on any atom is -0.382 e. The van der Waals surface area contributed by atoms with Gasteiger partial charge in [0.05, 0.1) is 32.0 Å². The van der Waals surface area contributed by atoms with E-state index in [0.717, 1.165) is 0 Å². The molecule has 3 aromatic rings. The molecule has 14 heteroatoms. The Morgan fingerprint density at radius 1 is 1.26 bits per heavy atom. The van der Waals surface area contributed by atoms with Crippen LogP contribution in [0.15, 0.2) is 45.2 Å². The van der Waals surface area contributed by atoms with E-state index in [-0.39, 0.29) is 32.4 Å². The van der Waals surface area contributed by atoms with Gasteiger partial charge in [-0.2, -0.15) is 0 Å². The number of H-pyrrole nitrogens is 1. The van der Waals surface area contributed by atoms with Gasteiger partial charge < -0.3 is 21.8 Å². The topological polar surface area (TPSA) is 220 Å².